The Morgan fingerprint density at radius 2 is 1.93 bits per heavy atom. The van der Waals surface area contributed by atoms with Gasteiger partial charge in [-0.2, -0.15) is 4.98 Å². The monoisotopic (exact) mass is 482 g/mol. The second-order valence-corrected chi connectivity index (χ2v) is 6.19. The van der Waals surface area contributed by atoms with E-state index in [2.05, 4.69) is 66.9 Å². The first-order chi connectivity index (χ1) is 12.8. The van der Waals surface area contributed by atoms with Gasteiger partial charge in [0.05, 0.1) is 0 Å². The molecule has 0 amide bonds. The number of rotatable bonds is 8. The van der Waals surface area contributed by atoms with Crippen molar-refractivity contribution >= 4 is 40.8 Å². The van der Waals surface area contributed by atoms with E-state index in [-0.39, 0.29) is 24.0 Å². The van der Waals surface area contributed by atoms with Crippen LogP contribution in [0, 0.1) is 6.92 Å². The molecule has 0 radical (unpaired) electrons. The van der Waals surface area contributed by atoms with Crippen molar-refractivity contribution in [3.05, 3.63) is 48.2 Å². The molecule has 0 atom stereocenters. The highest BCUT2D eigenvalue weighted by atomic mass is 127. The van der Waals surface area contributed by atoms with Crippen molar-refractivity contribution in [2.24, 2.45) is 4.99 Å². The predicted molar refractivity (Wildman–Crippen MR) is 119 cm³/mol. The molecule has 3 rings (SSSR count). The summed E-state index contributed by atoms with van der Waals surface area (Å²) in [5, 5.41) is 11.7. The molecule has 0 saturated heterocycles. The van der Waals surface area contributed by atoms with Crippen LogP contribution in [0.25, 0.3) is 10.9 Å². The number of benzene rings is 1. The average molecular weight is 482 g/mol. The Kier molecular flexibility index (Phi) is 8.56. The minimum Gasteiger partial charge on any atom is -0.356 e. The van der Waals surface area contributed by atoms with Gasteiger partial charge in [0.2, 0.25) is 5.89 Å². The molecule has 0 unspecified atom stereocenters. The van der Waals surface area contributed by atoms with Crippen LogP contribution in [0.1, 0.15) is 24.6 Å². The Labute approximate surface area is 176 Å². The zero-order valence-corrected chi connectivity index (χ0v) is 18.1. The van der Waals surface area contributed by atoms with E-state index in [0.29, 0.717) is 11.7 Å². The van der Waals surface area contributed by atoms with E-state index in [4.69, 9.17) is 4.52 Å². The molecular formula is C19H27IN6O. The lowest BCUT2D eigenvalue weighted by Gasteiger charge is -2.12. The Morgan fingerprint density at radius 1 is 1.15 bits per heavy atom. The zero-order chi connectivity index (χ0) is 18.2. The number of halogens is 1. The fraction of sp³-hybridized carbons (Fsp3) is 0.421. The Bertz CT molecular complexity index is 857. The molecule has 27 heavy (non-hydrogen) atoms. The largest absolute Gasteiger partial charge is 0.356 e. The molecule has 0 bridgehead atoms. The van der Waals surface area contributed by atoms with Gasteiger partial charge in [-0.25, -0.2) is 0 Å². The number of nitrogens with one attached hydrogen (secondary N) is 2. The molecule has 1 aromatic carbocycles. The summed E-state index contributed by atoms with van der Waals surface area (Å²) in [6, 6.07) is 10.6. The average Bonchev–Trinajstić information content (AvgIpc) is 3.26. The summed E-state index contributed by atoms with van der Waals surface area (Å²) in [4.78, 5) is 8.46. The molecule has 0 aliphatic carbocycles. The van der Waals surface area contributed by atoms with Crippen molar-refractivity contribution in [2.75, 3.05) is 20.1 Å². The van der Waals surface area contributed by atoms with Gasteiger partial charge in [0.1, 0.15) is 0 Å². The summed E-state index contributed by atoms with van der Waals surface area (Å²) in [5.41, 5.74) is 1.28. The second kappa shape index (κ2) is 10.9. The third-order valence-corrected chi connectivity index (χ3v) is 4.20. The third-order valence-electron chi connectivity index (χ3n) is 4.20. The lowest BCUT2D eigenvalue weighted by molar-refractivity contribution is 0.372. The highest BCUT2D eigenvalue weighted by molar-refractivity contribution is 14.0. The highest BCUT2D eigenvalue weighted by Crippen LogP contribution is 2.15. The number of aromatic nitrogens is 3. The first-order valence-electron chi connectivity index (χ1n) is 9.04. The topological polar surface area (TPSA) is 80.3 Å². The number of hydrogen-bond donors (Lipinski definition) is 2. The maximum Gasteiger partial charge on any atom is 0.226 e. The number of aliphatic imine (C=N–C) groups is 1. The summed E-state index contributed by atoms with van der Waals surface area (Å²) < 4.78 is 7.40. The summed E-state index contributed by atoms with van der Waals surface area (Å²) >= 11 is 0. The molecule has 3 aromatic rings. The molecule has 2 aromatic heterocycles. The molecule has 0 fully saturated rings. The van der Waals surface area contributed by atoms with E-state index in [0.717, 1.165) is 44.9 Å². The third kappa shape index (κ3) is 6.23. The van der Waals surface area contributed by atoms with Crippen molar-refractivity contribution in [3.63, 3.8) is 0 Å². The van der Waals surface area contributed by atoms with Crippen molar-refractivity contribution in [1.82, 2.24) is 25.3 Å². The van der Waals surface area contributed by atoms with Gasteiger partial charge < -0.3 is 19.7 Å². The lowest BCUT2D eigenvalue weighted by atomic mass is 10.2. The van der Waals surface area contributed by atoms with Crippen molar-refractivity contribution in [2.45, 2.75) is 32.7 Å². The number of aryl methyl sites for hydroxylation is 3. The van der Waals surface area contributed by atoms with Crippen LogP contribution >= 0.6 is 24.0 Å². The van der Waals surface area contributed by atoms with Gasteiger partial charge in [0.15, 0.2) is 11.8 Å². The SMILES string of the molecule is CN=C(NCCCc1nc(C)no1)NCCCn1ccc2ccccc21.I. The number of para-hydroxylation sites is 1. The smallest absolute Gasteiger partial charge is 0.226 e. The van der Waals surface area contributed by atoms with E-state index in [1.54, 1.807) is 7.05 Å². The van der Waals surface area contributed by atoms with Crippen LogP contribution in [0.4, 0.5) is 0 Å². The van der Waals surface area contributed by atoms with Crippen molar-refractivity contribution < 1.29 is 4.52 Å². The van der Waals surface area contributed by atoms with Gasteiger partial charge in [-0.3, -0.25) is 4.99 Å². The number of hydrogen-bond acceptors (Lipinski definition) is 4. The Balaban J connectivity index is 0.00000261. The Hall–Kier alpha value is -2.10. The normalized spacial score (nSPS) is 11.4. The van der Waals surface area contributed by atoms with E-state index in [9.17, 15) is 0 Å². The molecule has 2 N–H and O–H groups in total. The minimum atomic E-state index is 0. The number of guanidine groups is 1. The summed E-state index contributed by atoms with van der Waals surface area (Å²) in [7, 11) is 1.79. The molecular weight excluding hydrogens is 455 g/mol. The lowest BCUT2D eigenvalue weighted by Crippen LogP contribution is -2.38. The zero-order valence-electron chi connectivity index (χ0n) is 15.8. The van der Waals surface area contributed by atoms with Crippen LogP contribution in [0.15, 0.2) is 46.0 Å². The molecule has 0 aliphatic heterocycles. The van der Waals surface area contributed by atoms with Gasteiger partial charge in [-0.05, 0) is 37.3 Å². The van der Waals surface area contributed by atoms with Gasteiger partial charge >= 0.3 is 0 Å². The van der Waals surface area contributed by atoms with E-state index < -0.39 is 0 Å². The maximum absolute atomic E-state index is 5.11. The molecule has 7 nitrogen and oxygen atoms in total. The van der Waals surface area contributed by atoms with E-state index >= 15 is 0 Å². The minimum absolute atomic E-state index is 0. The predicted octanol–water partition coefficient (Wildman–Crippen LogP) is 3.14. The van der Waals surface area contributed by atoms with Gasteiger partial charge in [-0.1, -0.05) is 23.4 Å². The van der Waals surface area contributed by atoms with Gasteiger partial charge in [0, 0.05) is 44.8 Å². The van der Waals surface area contributed by atoms with Gasteiger partial charge in [0.25, 0.3) is 0 Å². The standard InChI is InChI=1S/C19H26N6O.HI/c1-15-23-18(26-24-15)9-5-11-21-19(20-2)22-12-6-13-25-14-10-16-7-3-4-8-17(16)25;/h3-4,7-8,10,14H,5-6,9,11-13H2,1-2H3,(H2,20,21,22);1H. The molecule has 0 saturated carbocycles. The molecule has 2 heterocycles. The van der Waals surface area contributed by atoms with Crippen LogP contribution in [-0.4, -0.2) is 40.8 Å². The number of nitrogens with zero attached hydrogens (tertiary/aromatic N) is 4. The van der Waals surface area contributed by atoms with Crippen LogP contribution in [0.2, 0.25) is 0 Å². The Morgan fingerprint density at radius 3 is 2.67 bits per heavy atom. The van der Waals surface area contributed by atoms with Crippen LogP contribution in [0.3, 0.4) is 0 Å². The first kappa shape index (κ1) is 21.2. The highest BCUT2D eigenvalue weighted by Gasteiger charge is 2.03. The maximum atomic E-state index is 5.11. The van der Waals surface area contributed by atoms with Crippen molar-refractivity contribution in [1.29, 1.82) is 0 Å². The van der Waals surface area contributed by atoms with Crippen LogP contribution < -0.4 is 10.6 Å². The molecule has 8 heteroatoms. The summed E-state index contributed by atoms with van der Waals surface area (Å²) in [6.45, 7) is 4.49. The summed E-state index contributed by atoms with van der Waals surface area (Å²) in [6.07, 6.45) is 4.86. The van der Waals surface area contributed by atoms with E-state index in [1.165, 1.54) is 10.9 Å². The molecule has 0 spiro atoms. The van der Waals surface area contributed by atoms with Crippen molar-refractivity contribution in [3.8, 4) is 0 Å². The molecule has 0 aliphatic rings. The second-order valence-electron chi connectivity index (χ2n) is 6.19. The summed E-state index contributed by atoms with van der Waals surface area (Å²) in [5.74, 6) is 2.19. The first-order valence-corrected chi connectivity index (χ1v) is 9.04. The quantitative estimate of drug-likeness (QED) is 0.223. The van der Waals surface area contributed by atoms with E-state index in [1.807, 2.05) is 6.92 Å². The number of fused-ring (bicyclic) bond motifs is 1. The van der Waals surface area contributed by atoms with Gasteiger partial charge in [-0.15, -0.1) is 24.0 Å². The fourth-order valence-corrected chi connectivity index (χ4v) is 2.90. The molecule has 146 valence electrons. The fourth-order valence-electron chi connectivity index (χ4n) is 2.90. The van der Waals surface area contributed by atoms with Crippen LogP contribution in [0.5, 0.6) is 0 Å². The van der Waals surface area contributed by atoms with Crippen LogP contribution in [-0.2, 0) is 13.0 Å².